The molecule has 1 aromatic carbocycles. The van der Waals surface area contributed by atoms with Crippen molar-refractivity contribution in [3.05, 3.63) is 29.8 Å². The molecule has 1 amide bonds. The van der Waals surface area contributed by atoms with E-state index in [-0.39, 0.29) is 11.9 Å². The highest BCUT2D eigenvalue weighted by Crippen LogP contribution is 2.27. The van der Waals surface area contributed by atoms with E-state index in [2.05, 4.69) is 5.32 Å². The van der Waals surface area contributed by atoms with Gasteiger partial charge in [0, 0.05) is 17.8 Å². The van der Waals surface area contributed by atoms with Gasteiger partial charge in [-0.25, -0.2) is 4.79 Å². The van der Waals surface area contributed by atoms with Gasteiger partial charge in [0.15, 0.2) is 5.78 Å². The lowest BCUT2D eigenvalue weighted by Crippen LogP contribution is -2.40. The molecule has 0 bridgehead atoms. The summed E-state index contributed by atoms with van der Waals surface area (Å²) in [7, 11) is 1.82. The van der Waals surface area contributed by atoms with Crippen LogP contribution >= 0.6 is 0 Å². The summed E-state index contributed by atoms with van der Waals surface area (Å²) in [6.07, 6.45) is -0.353. The number of likely N-dealkylation sites (N-methyl/N-ethyl adjacent to an activating group) is 1. The summed E-state index contributed by atoms with van der Waals surface area (Å²) in [5.41, 5.74) is 0.856. The van der Waals surface area contributed by atoms with Gasteiger partial charge in [-0.15, -0.1) is 0 Å². The lowest BCUT2D eigenvalue weighted by Gasteiger charge is -2.21. The number of rotatable bonds is 4. The molecular weight excluding hydrogens is 244 g/mol. The molecule has 0 aliphatic carbocycles. The number of nitrogens with one attached hydrogen (secondary N) is 1. The molecule has 1 saturated heterocycles. The number of carbonyl (C=O) groups is 2. The third-order valence-corrected chi connectivity index (χ3v) is 3.18. The second-order valence-electron chi connectivity index (χ2n) is 5.04. The van der Waals surface area contributed by atoms with E-state index in [9.17, 15) is 9.59 Å². The Labute approximate surface area is 112 Å². The summed E-state index contributed by atoms with van der Waals surface area (Å²) in [6.45, 7) is 4.50. The molecule has 1 unspecified atom stereocenters. The Balaban J connectivity index is 2.18. The summed E-state index contributed by atoms with van der Waals surface area (Å²) in [4.78, 5) is 24.7. The van der Waals surface area contributed by atoms with Crippen LogP contribution in [0.25, 0.3) is 0 Å². The largest absolute Gasteiger partial charge is 0.440 e. The van der Waals surface area contributed by atoms with Gasteiger partial charge in [-0.3, -0.25) is 9.69 Å². The number of anilines is 1. The lowest BCUT2D eigenvalue weighted by molar-refractivity contribution is 0.0734. The number of ether oxygens (including phenoxy) is 1. The molecule has 5 heteroatoms. The summed E-state index contributed by atoms with van der Waals surface area (Å²) in [5, 5.41) is 3.02. The van der Waals surface area contributed by atoms with Gasteiger partial charge in [0.1, 0.15) is 5.60 Å². The number of hydrogen-bond donors (Lipinski definition) is 1. The van der Waals surface area contributed by atoms with Crippen molar-refractivity contribution < 1.29 is 14.3 Å². The zero-order valence-corrected chi connectivity index (χ0v) is 11.4. The fourth-order valence-electron chi connectivity index (χ4n) is 2.24. The summed E-state index contributed by atoms with van der Waals surface area (Å²) >= 11 is 0. The predicted molar refractivity (Wildman–Crippen MR) is 72.6 cm³/mol. The number of amides is 1. The molecule has 1 N–H and O–H groups in total. The van der Waals surface area contributed by atoms with Crippen LogP contribution in [0.1, 0.15) is 24.2 Å². The molecular formula is C14H18N2O3. The van der Waals surface area contributed by atoms with Crippen molar-refractivity contribution in [1.82, 2.24) is 5.32 Å². The number of ketones is 1. The minimum absolute atomic E-state index is 0.00979. The first-order chi connectivity index (χ1) is 8.95. The molecule has 1 aliphatic rings. The Morgan fingerprint density at radius 3 is 2.58 bits per heavy atom. The van der Waals surface area contributed by atoms with Crippen LogP contribution in [0, 0.1) is 0 Å². The van der Waals surface area contributed by atoms with Crippen LogP contribution in [0.4, 0.5) is 10.5 Å². The Hall–Kier alpha value is -1.88. The monoisotopic (exact) mass is 262 g/mol. The number of Topliss-reactive ketones (excluding diaryl/α,β-unsaturated/α-hetero) is 1. The topological polar surface area (TPSA) is 58.6 Å². The predicted octanol–water partition coefficient (Wildman–Crippen LogP) is 1.82. The Morgan fingerprint density at radius 2 is 2.05 bits per heavy atom. The third-order valence-electron chi connectivity index (χ3n) is 3.18. The molecule has 5 nitrogen and oxygen atoms in total. The van der Waals surface area contributed by atoms with Gasteiger partial charge in [0.25, 0.3) is 0 Å². The van der Waals surface area contributed by atoms with Gasteiger partial charge in [0.2, 0.25) is 0 Å². The van der Waals surface area contributed by atoms with Crippen LogP contribution in [0.2, 0.25) is 0 Å². The minimum Gasteiger partial charge on any atom is -0.440 e. The van der Waals surface area contributed by atoms with E-state index in [0.717, 1.165) is 5.69 Å². The van der Waals surface area contributed by atoms with Gasteiger partial charge in [-0.05, 0) is 45.2 Å². The number of carbonyl (C=O) groups excluding carboxylic acids is 2. The van der Waals surface area contributed by atoms with E-state index in [1.54, 1.807) is 29.2 Å². The van der Waals surface area contributed by atoms with Crippen molar-refractivity contribution in [2.45, 2.75) is 19.4 Å². The SMILES string of the molecule is CNCC1(C)CN(c2ccc(C(C)=O)cc2)C(=O)O1. The molecule has 0 spiro atoms. The van der Waals surface area contributed by atoms with Gasteiger partial charge >= 0.3 is 6.09 Å². The van der Waals surface area contributed by atoms with Gasteiger partial charge in [-0.2, -0.15) is 0 Å². The molecule has 0 aromatic heterocycles. The maximum absolute atomic E-state index is 11.9. The molecule has 0 radical (unpaired) electrons. The zero-order chi connectivity index (χ0) is 14.0. The average molecular weight is 262 g/mol. The van der Waals surface area contributed by atoms with Crippen molar-refractivity contribution in [2.75, 3.05) is 25.0 Å². The summed E-state index contributed by atoms with van der Waals surface area (Å²) in [6, 6.07) is 6.98. The summed E-state index contributed by atoms with van der Waals surface area (Å²) in [5.74, 6) is 0.00979. The van der Waals surface area contributed by atoms with Gasteiger partial charge < -0.3 is 10.1 Å². The highest BCUT2D eigenvalue weighted by Gasteiger charge is 2.41. The van der Waals surface area contributed by atoms with E-state index in [1.165, 1.54) is 6.92 Å². The number of benzene rings is 1. The van der Waals surface area contributed by atoms with E-state index in [1.807, 2.05) is 14.0 Å². The van der Waals surface area contributed by atoms with Crippen molar-refractivity contribution in [2.24, 2.45) is 0 Å². The quantitative estimate of drug-likeness (QED) is 0.841. The maximum Gasteiger partial charge on any atom is 0.415 e. The van der Waals surface area contributed by atoms with Crippen LogP contribution in [0.5, 0.6) is 0 Å². The molecule has 1 aliphatic heterocycles. The highest BCUT2D eigenvalue weighted by atomic mass is 16.6. The Kier molecular flexibility index (Phi) is 3.57. The normalized spacial score (nSPS) is 22.5. The molecule has 1 aromatic rings. The van der Waals surface area contributed by atoms with Crippen LogP contribution in [0.3, 0.4) is 0 Å². The van der Waals surface area contributed by atoms with E-state index >= 15 is 0 Å². The lowest BCUT2D eigenvalue weighted by atomic mass is 10.1. The average Bonchev–Trinajstić information content (AvgIpc) is 2.65. The molecule has 2 rings (SSSR count). The number of nitrogens with zero attached hydrogens (tertiary/aromatic N) is 1. The summed E-state index contributed by atoms with van der Waals surface area (Å²) < 4.78 is 5.39. The van der Waals surface area contributed by atoms with E-state index in [0.29, 0.717) is 18.7 Å². The van der Waals surface area contributed by atoms with Crippen molar-refractivity contribution in [3.8, 4) is 0 Å². The fourth-order valence-corrected chi connectivity index (χ4v) is 2.24. The fraction of sp³-hybridized carbons (Fsp3) is 0.429. The highest BCUT2D eigenvalue weighted by molar-refractivity contribution is 5.95. The van der Waals surface area contributed by atoms with Crippen molar-refractivity contribution >= 4 is 17.6 Å². The first kappa shape index (κ1) is 13.5. The molecule has 1 heterocycles. The van der Waals surface area contributed by atoms with Crippen LogP contribution in [-0.2, 0) is 4.74 Å². The smallest absolute Gasteiger partial charge is 0.415 e. The third kappa shape index (κ3) is 2.76. The standard InChI is InChI=1S/C14H18N2O3/c1-10(17)11-4-6-12(7-5-11)16-9-14(2,8-15-3)19-13(16)18/h4-7,15H,8-9H2,1-3H3. The first-order valence-electron chi connectivity index (χ1n) is 6.21. The molecule has 102 valence electrons. The molecule has 19 heavy (non-hydrogen) atoms. The van der Waals surface area contributed by atoms with Crippen molar-refractivity contribution in [1.29, 1.82) is 0 Å². The Bertz CT molecular complexity index is 498. The Morgan fingerprint density at radius 1 is 1.42 bits per heavy atom. The van der Waals surface area contributed by atoms with Gasteiger partial charge in [0.05, 0.1) is 6.54 Å². The molecule has 0 saturated carbocycles. The molecule has 1 fully saturated rings. The zero-order valence-electron chi connectivity index (χ0n) is 11.4. The van der Waals surface area contributed by atoms with Gasteiger partial charge in [-0.1, -0.05) is 0 Å². The first-order valence-corrected chi connectivity index (χ1v) is 6.21. The second kappa shape index (κ2) is 5.01. The van der Waals surface area contributed by atoms with E-state index < -0.39 is 5.60 Å². The maximum atomic E-state index is 11.9. The van der Waals surface area contributed by atoms with Crippen molar-refractivity contribution in [3.63, 3.8) is 0 Å². The minimum atomic E-state index is -0.523. The van der Waals surface area contributed by atoms with E-state index in [4.69, 9.17) is 4.74 Å². The van der Waals surface area contributed by atoms with Crippen LogP contribution < -0.4 is 10.2 Å². The van der Waals surface area contributed by atoms with Crippen LogP contribution in [0.15, 0.2) is 24.3 Å². The second-order valence-corrected chi connectivity index (χ2v) is 5.04. The van der Waals surface area contributed by atoms with Crippen LogP contribution in [-0.4, -0.2) is 37.6 Å². The molecule has 1 atom stereocenters. The number of cyclic esters (lactones) is 1. The number of hydrogen-bond acceptors (Lipinski definition) is 4.